The predicted molar refractivity (Wildman–Crippen MR) is 30.5 cm³/mol. The van der Waals surface area contributed by atoms with E-state index in [1.54, 1.807) is 0 Å². The van der Waals surface area contributed by atoms with Gasteiger partial charge in [-0.1, -0.05) is 0 Å². The van der Waals surface area contributed by atoms with E-state index in [2.05, 4.69) is 0 Å². The van der Waals surface area contributed by atoms with Gasteiger partial charge in [-0.25, -0.2) is 4.79 Å². The molecule has 0 fully saturated rings. The molecule has 0 spiro atoms. The fourth-order valence-electron chi connectivity index (χ4n) is 0.0676. The molecule has 6 heteroatoms. The Bertz CT molecular complexity index is 100. The van der Waals surface area contributed by atoms with Gasteiger partial charge in [0.05, 0.1) is 0 Å². The summed E-state index contributed by atoms with van der Waals surface area (Å²) in [7, 11) is 0. The minimum atomic E-state index is -1.59. The molecule has 0 aliphatic rings. The van der Waals surface area contributed by atoms with Crippen LogP contribution in [0.1, 0.15) is 0 Å². The molecule has 0 aliphatic heterocycles. The Morgan fingerprint density at radius 1 is 1.33 bits per heavy atom. The van der Waals surface area contributed by atoms with Crippen molar-refractivity contribution in [3.63, 3.8) is 0 Å². The van der Waals surface area contributed by atoms with Crippen molar-refractivity contribution in [2.45, 2.75) is 0 Å². The monoisotopic (exact) mass is 130 g/mol. The van der Waals surface area contributed by atoms with E-state index in [-0.39, 0.29) is 24.3 Å². The summed E-state index contributed by atoms with van der Waals surface area (Å²) in [5, 5.41) is 15.4. The molecule has 0 aromatic carbocycles. The van der Waals surface area contributed by atoms with E-state index >= 15 is 0 Å². The summed E-state index contributed by atoms with van der Waals surface area (Å²) in [6.45, 7) is -0.921. The zero-order chi connectivity index (χ0) is 5.86. The second-order valence-electron chi connectivity index (χ2n) is 0.886. The normalized spacial score (nSPS) is 6.33. The quantitative estimate of drug-likeness (QED) is 0.310. The van der Waals surface area contributed by atoms with Gasteiger partial charge >= 0.3 is 24.8 Å². The summed E-state index contributed by atoms with van der Waals surface area (Å²) >= 11 is 0. The SMILES string of the molecule is O.O=C(O)C(=O)CO.[LiH]. The molecule has 50 valence electrons. The van der Waals surface area contributed by atoms with Gasteiger partial charge in [0, 0.05) is 0 Å². The summed E-state index contributed by atoms with van der Waals surface area (Å²) in [6.07, 6.45) is 0. The Hall–Kier alpha value is -0.343. The Morgan fingerprint density at radius 2 is 1.67 bits per heavy atom. The van der Waals surface area contributed by atoms with Crippen molar-refractivity contribution in [3.8, 4) is 0 Å². The summed E-state index contributed by atoms with van der Waals surface area (Å²) in [4.78, 5) is 19.1. The number of carboxylic acids is 1. The number of ketones is 1. The van der Waals surface area contributed by atoms with Crippen molar-refractivity contribution in [1.82, 2.24) is 0 Å². The van der Waals surface area contributed by atoms with E-state index in [1.807, 2.05) is 0 Å². The van der Waals surface area contributed by atoms with Crippen LogP contribution in [0, 0.1) is 0 Å². The number of carboxylic acid groups (broad SMARTS) is 1. The van der Waals surface area contributed by atoms with Crippen molar-refractivity contribution in [2.75, 3.05) is 6.61 Å². The summed E-state index contributed by atoms with van der Waals surface area (Å²) < 4.78 is 0. The Balaban J connectivity index is -0.000000180. The first kappa shape index (κ1) is 15.9. The number of aliphatic carboxylic acids is 1. The first-order valence-corrected chi connectivity index (χ1v) is 1.55. The van der Waals surface area contributed by atoms with Gasteiger partial charge in [0.15, 0.2) is 0 Å². The van der Waals surface area contributed by atoms with Crippen molar-refractivity contribution >= 4 is 30.6 Å². The van der Waals surface area contributed by atoms with E-state index in [0.717, 1.165) is 0 Å². The van der Waals surface area contributed by atoms with Gasteiger partial charge in [0.25, 0.3) is 5.78 Å². The number of Topliss-reactive ketones (excluding diaryl/α,β-unsaturated/α-hetero) is 1. The zero-order valence-electron chi connectivity index (χ0n) is 3.92. The number of hydrogen-bond acceptors (Lipinski definition) is 3. The van der Waals surface area contributed by atoms with E-state index < -0.39 is 18.4 Å². The summed E-state index contributed by atoms with van der Waals surface area (Å²) in [6, 6.07) is 0. The molecular formula is C3H7LiO5. The van der Waals surface area contributed by atoms with Crippen LogP contribution in [0.2, 0.25) is 0 Å². The molecule has 0 heterocycles. The molecule has 5 nitrogen and oxygen atoms in total. The second-order valence-corrected chi connectivity index (χ2v) is 0.886. The fourth-order valence-corrected chi connectivity index (χ4v) is 0.0676. The maximum atomic E-state index is 9.66. The van der Waals surface area contributed by atoms with E-state index in [9.17, 15) is 9.59 Å². The molecule has 0 rings (SSSR count). The molecule has 4 N–H and O–H groups in total. The van der Waals surface area contributed by atoms with Crippen LogP contribution in [0.4, 0.5) is 0 Å². The third-order valence-electron chi connectivity index (χ3n) is 0.382. The van der Waals surface area contributed by atoms with Crippen LogP contribution >= 0.6 is 0 Å². The average molecular weight is 130 g/mol. The average Bonchev–Trinajstić information content (AvgIpc) is 1.65. The molecule has 0 bridgehead atoms. The van der Waals surface area contributed by atoms with Crippen LogP contribution in [0.25, 0.3) is 0 Å². The van der Waals surface area contributed by atoms with Gasteiger partial charge in [0.2, 0.25) is 0 Å². The summed E-state index contributed by atoms with van der Waals surface area (Å²) in [5.74, 6) is -2.78. The second kappa shape index (κ2) is 7.66. The first-order chi connectivity index (χ1) is 3.18. The van der Waals surface area contributed by atoms with Gasteiger partial charge in [-0.15, -0.1) is 0 Å². The number of rotatable bonds is 2. The number of carbonyl (C=O) groups excluding carboxylic acids is 1. The fraction of sp³-hybridized carbons (Fsp3) is 0.333. The van der Waals surface area contributed by atoms with Gasteiger partial charge in [0.1, 0.15) is 6.61 Å². The molecule has 0 aliphatic carbocycles. The predicted octanol–water partition coefficient (Wildman–Crippen LogP) is -2.84. The van der Waals surface area contributed by atoms with E-state index in [1.165, 1.54) is 0 Å². The molecule has 0 amide bonds. The van der Waals surface area contributed by atoms with Crippen molar-refractivity contribution in [3.05, 3.63) is 0 Å². The molecule has 0 saturated carbocycles. The number of hydrogen-bond donors (Lipinski definition) is 2. The van der Waals surface area contributed by atoms with Crippen molar-refractivity contribution < 1.29 is 25.3 Å². The van der Waals surface area contributed by atoms with Crippen LogP contribution in [0.3, 0.4) is 0 Å². The molecule has 0 saturated heterocycles. The number of carbonyl (C=O) groups is 2. The maximum absolute atomic E-state index is 9.66. The number of aliphatic hydroxyl groups excluding tert-OH is 1. The molecule has 0 aromatic heterocycles. The zero-order valence-corrected chi connectivity index (χ0v) is 3.92. The van der Waals surface area contributed by atoms with E-state index in [4.69, 9.17) is 10.2 Å². The minimum absolute atomic E-state index is 0. The molecule has 9 heavy (non-hydrogen) atoms. The van der Waals surface area contributed by atoms with Crippen LogP contribution < -0.4 is 0 Å². The van der Waals surface area contributed by atoms with Gasteiger partial charge in [-0.2, -0.15) is 0 Å². The topological polar surface area (TPSA) is 106 Å². The molecule has 0 atom stereocenters. The van der Waals surface area contributed by atoms with E-state index in [0.29, 0.717) is 0 Å². The van der Waals surface area contributed by atoms with Gasteiger partial charge in [-0.05, 0) is 0 Å². The van der Waals surface area contributed by atoms with Crippen LogP contribution in [0.15, 0.2) is 0 Å². The Labute approximate surface area is 63.2 Å². The third-order valence-corrected chi connectivity index (χ3v) is 0.382. The standard InChI is InChI=1S/C3H4O4.Li.H2O.H/c4-1-2(5)3(6)7;;;/h4H,1H2,(H,6,7);;1H2;. The van der Waals surface area contributed by atoms with Crippen molar-refractivity contribution in [1.29, 1.82) is 0 Å². The molecule has 0 unspecified atom stereocenters. The number of aliphatic hydroxyl groups is 1. The molecule has 0 radical (unpaired) electrons. The Morgan fingerprint density at radius 3 is 1.67 bits per heavy atom. The van der Waals surface area contributed by atoms with Crippen LogP contribution in [0.5, 0.6) is 0 Å². The van der Waals surface area contributed by atoms with Crippen LogP contribution in [-0.4, -0.2) is 52.9 Å². The summed E-state index contributed by atoms with van der Waals surface area (Å²) in [5.41, 5.74) is 0. The van der Waals surface area contributed by atoms with Crippen LogP contribution in [-0.2, 0) is 9.59 Å². The van der Waals surface area contributed by atoms with Crippen molar-refractivity contribution in [2.24, 2.45) is 0 Å². The molecule has 0 aromatic rings. The molecular weight excluding hydrogens is 123 g/mol. The third kappa shape index (κ3) is 7.66. The first-order valence-electron chi connectivity index (χ1n) is 1.55. The van der Waals surface area contributed by atoms with Gasteiger partial charge in [-0.3, -0.25) is 4.79 Å². The van der Waals surface area contributed by atoms with Gasteiger partial charge < -0.3 is 15.7 Å². The Kier molecular flexibility index (Phi) is 13.5.